The fourth-order valence-electron chi connectivity index (χ4n) is 2.69. The van der Waals surface area contributed by atoms with Crippen molar-refractivity contribution < 1.29 is 4.74 Å². The van der Waals surface area contributed by atoms with Crippen molar-refractivity contribution in [2.75, 3.05) is 13.2 Å². The highest BCUT2D eigenvalue weighted by Crippen LogP contribution is 2.27. The second-order valence-electron chi connectivity index (χ2n) is 5.13. The molecular weight excluding hydrogens is 188 g/mol. The van der Waals surface area contributed by atoms with Crippen LogP contribution in [0.3, 0.4) is 0 Å². The van der Waals surface area contributed by atoms with Crippen molar-refractivity contribution in [3.63, 3.8) is 0 Å². The normalized spacial score (nSPS) is 41.3. The van der Waals surface area contributed by atoms with E-state index in [9.17, 15) is 0 Å². The Morgan fingerprint density at radius 2 is 2.20 bits per heavy atom. The fourth-order valence-corrected chi connectivity index (χ4v) is 2.69. The van der Waals surface area contributed by atoms with Crippen LogP contribution in [0.2, 0.25) is 0 Å². The van der Waals surface area contributed by atoms with Crippen molar-refractivity contribution in [2.45, 2.75) is 50.6 Å². The highest BCUT2D eigenvalue weighted by Gasteiger charge is 2.35. The van der Waals surface area contributed by atoms with Crippen LogP contribution in [0.5, 0.6) is 0 Å². The molecule has 1 saturated carbocycles. The van der Waals surface area contributed by atoms with Crippen LogP contribution < -0.4 is 5.32 Å². The molecule has 1 heterocycles. The van der Waals surface area contributed by atoms with Gasteiger partial charge in [-0.05, 0) is 26.2 Å². The lowest BCUT2D eigenvalue weighted by Gasteiger charge is -2.35. The number of nitrogens with one attached hydrogen (secondary N) is 1. The van der Waals surface area contributed by atoms with Crippen LogP contribution in [-0.4, -0.2) is 24.8 Å². The minimum atomic E-state index is 0.108. The van der Waals surface area contributed by atoms with Gasteiger partial charge in [0.05, 0.1) is 18.6 Å². The van der Waals surface area contributed by atoms with Crippen LogP contribution in [0.1, 0.15) is 39.0 Å². The summed E-state index contributed by atoms with van der Waals surface area (Å²) in [6.45, 7) is 3.86. The molecule has 2 aliphatic rings. The maximum atomic E-state index is 9.10. The van der Waals surface area contributed by atoms with E-state index in [1.54, 1.807) is 0 Å². The molecule has 0 bridgehead atoms. The number of ether oxygens (including phenoxy) is 1. The van der Waals surface area contributed by atoms with Gasteiger partial charge in [-0.15, -0.1) is 0 Å². The Labute approximate surface area is 91.8 Å². The Balaban J connectivity index is 1.94. The van der Waals surface area contributed by atoms with Crippen LogP contribution >= 0.6 is 0 Å². The highest BCUT2D eigenvalue weighted by molar-refractivity contribution is 4.99. The van der Waals surface area contributed by atoms with Crippen molar-refractivity contribution in [3.05, 3.63) is 0 Å². The molecule has 0 amide bonds. The van der Waals surface area contributed by atoms with Gasteiger partial charge in [-0.25, -0.2) is 0 Å². The number of rotatable bonds is 2. The number of nitrogens with zero attached hydrogens (tertiary/aromatic N) is 1. The summed E-state index contributed by atoms with van der Waals surface area (Å²) in [5, 5.41) is 12.7. The summed E-state index contributed by atoms with van der Waals surface area (Å²) in [6, 6.07) is 2.83. The maximum absolute atomic E-state index is 9.10. The van der Waals surface area contributed by atoms with E-state index >= 15 is 0 Å². The second kappa shape index (κ2) is 4.51. The molecule has 3 nitrogen and oxygen atoms in total. The van der Waals surface area contributed by atoms with Crippen LogP contribution in [-0.2, 0) is 4.74 Å². The summed E-state index contributed by atoms with van der Waals surface area (Å²) < 4.78 is 5.43. The smallest absolute Gasteiger partial charge is 0.0672 e. The van der Waals surface area contributed by atoms with Gasteiger partial charge in [-0.1, -0.05) is 12.8 Å². The van der Waals surface area contributed by atoms with Gasteiger partial charge < -0.3 is 10.1 Å². The zero-order valence-electron chi connectivity index (χ0n) is 9.46. The molecule has 0 spiro atoms. The molecule has 3 unspecified atom stereocenters. The molecule has 1 aliphatic carbocycles. The average molecular weight is 208 g/mol. The molecule has 3 atom stereocenters. The van der Waals surface area contributed by atoms with Gasteiger partial charge >= 0.3 is 0 Å². The van der Waals surface area contributed by atoms with Crippen LogP contribution in [0.15, 0.2) is 0 Å². The zero-order valence-corrected chi connectivity index (χ0v) is 9.46. The minimum absolute atomic E-state index is 0.108. The Hall–Kier alpha value is -0.590. The molecule has 1 aliphatic heterocycles. The van der Waals surface area contributed by atoms with Crippen molar-refractivity contribution in [3.8, 4) is 6.07 Å². The van der Waals surface area contributed by atoms with Crippen LogP contribution in [0.4, 0.5) is 0 Å². The fraction of sp³-hybridized carbons (Fsp3) is 0.917. The minimum Gasteiger partial charge on any atom is -0.379 e. The van der Waals surface area contributed by atoms with Crippen molar-refractivity contribution >= 4 is 0 Å². The third-order valence-corrected chi connectivity index (χ3v) is 3.68. The first-order valence-electron chi connectivity index (χ1n) is 5.99. The molecule has 0 aromatic rings. The summed E-state index contributed by atoms with van der Waals surface area (Å²) >= 11 is 0. The molecule has 0 aromatic carbocycles. The van der Waals surface area contributed by atoms with E-state index < -0.39 is 0 Å². The second-order valence-corrected chi connectivity index (χ2v) is 5.13. The molecule has 1 saturated heterocycles. The predicted molar refractivity (Wildman–Crippen MR) is 58.3 cm³/mol. The topological polar surface area (TPSA) is 45.0 Å². The van der Waals surface area contributed by atoms with E-state index in [1.165, 1.54) is 12.8 Å². The molecule has 3 heteroatoms. The Kier molecular flexibility index (Phi) is 3.28. The summed E-state index contributed by atoms with van der Waals surface area (Å²) in [6.07, 6.45) is 5.75. The summed E-state index contributed by atoms with van der Waals surface area (Å²) in [5.41, 5.74) is 0.108. The third-order valence-electron chi connectivity index (χ3n) is 3.68. The van der Waals surface area contributed by atoms with Gasteiger partial charge in [-0.3, -0.25) is 0 Å². The van der Waals surface area contributed by atoms with Crippen LogP contribution in [0, 0.1) is 17.2 Å². The van der Waals surface area contributed by atoms with Crippen molar-refractivity contribution in [2.24, 2.45) is 5.92 Å². The first kappa shape index (κ1) is 10.9. The van der Waals surface area contributed by atoms with Crippen molar-refractivity contribution in [1.82, 2.24) is 5.32 Å². The van der Waals surface area contributed by atoms with Gasteiger partial charge in [0.25, 0.3) is 0 Å². The molecule has 0 aromatic heterocycles. The summed E-state index contributed by atoms with van der Waals surface area (Å²) in [7, 11) is 0. The monoisotopic (exact) mass is 208 g/mol. The van der Waals surface area contributed by atoms with Crippen molar-refractivity contribution in [1.29, 1.82) is 5.26 Å². The number of nitriles is 1. The first-order chi connectivity index (χ1) is 7.23. The lowest BCUT2D eigenvalue weighted by molar-refractivity contribution is 0.156. The van der Waals surface area contributed by atoms with Gasteiger partial charge in [0.2, 0.25) is 0 Å². The molecule has 84 valence electrons. The zero-order chi connectivity index (χ0) is 10.7. The number of hydrogen-bond donors (Lipinski definition) is 1. The standard InChI is InChI=1S/C12H20N2O/c1-12(6-7-15-9-12)14-11-5-3-2-4-10(11)8-13/h10-11,14H,2-7,9H2,1H3. The molecule has 2 fully saturated rings. The molecule has 2 rings (SSSR count). The Bertz CT molecular complexity index is 253. The molecule has 1 N–H and O–H groups in total. The lowest BCUT2D eigenvalue weighted by atomic mass is 9.83. The average Bonchev–Trinajstić information content (AvgIpc) is 2.66. The quantitative estimate of drug-likeness (QED) is 0.753. The number of hydrogen-bond acceptors (Lipinski definition) is 3. The van der Waals surface area contributed by atoms with Gasteiger partial charge in [-0.2, -0.15) is 5.26 Å². The van der Waals surface area contributed by atoms with E-state index in [0.29, 0.717) is 6.04 Å². The Morgan fingerprint density at radius 1 is 1.40 bits per heavy atom. The van der Waals surface area contributed by atoms with E-state index in [2.05, 4.69) is 18.3 Å². The van der Waals surface area contributed by atoms with Gasteiger partial charge in [0.1, 0.15) is 0 Å². The largest absolute Gasteiger partial charge is 0.379 e. The van der Waals surface area contributed by atoms with E-state index in [4.69, 9.17) is 10.00 Å². The first-order valence-corrected chi connectivity index (χ1v) is 5.99. The van der Waals surface area contributed by atoms with E-state index in [-0.39, 0.29) is 11.5 Å². The molecular formula is C12H20N2O. The SMILES string of the molecule is CC1(NC2CCCCC2C#N)CCOC1. The summed E-state index contributed by atoms with van der Waals surface area (Å²) in [4.78, 5) is 0. The summed E-state index contributed by atoms with van der Waals surface area (Å²) in [5.74, 6) is 0.205. The van der Waals surface area contributed by atoms with Crippen LogP contribution in [0.25, 0.3) is 0 Å². The Morgan fingerprint density at radius 3 is 2.87 bits per heavy atom. The van der Waals surface area contributed by atoms with E-state index in [1.807, 2.05) is 0 Å². The third kappa shape index (κ3) is 2.50. The highest BCUT2D eigenvalue weighted by atomic mass is 16.5. The van der Waals surface area contributed by atoms with Gasteiger partial charge in [0, 0.05) is 18.2 Å². The maximum Gasteiger partial charge on any atom is 0.0672 e. The molecule has 0 radical (unpaired) electrons. The predicted octanol–water partition coefficient (Wildman–Crippen LogP) is 1.84. The van der Waals surface area contributed by atoms with Gasteiger partial charge in [0.15, 0.2) is 0 Å². The lowest BCUT2D eigenvalue weighted by Crippen LogP contribution is -2.52. The molecule has 15 heavy (non-hydrogen) atoms. The van der Waals surface area contributed by atoms with E-state index in [0.717, 1.165) is 32.5 Å².